The number of carboxylic acid groups (broad SMARTS) is 1. The van der Waals surface area contributed by atoms with Gasteiger partial charge in [-0.2, -0.15) is 17.4 Å². The molecule has 21 heavy (non-hydrogen) atoms. The molecule has 1 aromatic rings. The number of piperidine rings is 1. The topological polar surface area (TPSA) is 86.7 Å². The minimum atomic E-state index is -3.81. The summed E-state index contributed by atoms with van der Waals surface area (Å²) in [7, 11) is -3.81. The Kier molecular flexibility index (Phi) is 4.97. The molecule has 1 aromatic carbocycles. The van der Waals surface area contributed by atoms with Gasteiger partial charge in [-0.15, -0.1) is 0 Å². The van der Waals surface area contributed by atoms with Crippen molar-refractivity contribution in [2.45, 2.75) is 25.8 Å². The number of hydrogen-bond acceptors (Lipinski definition) is 3. The minimum Gasteiger partial charge on any atom is -0.480 e. The van der Waals surface area contributed by atoms with Gasteiger partial charge in [0.15, 0.2) is 0 Å². The highest BCUT2D eigenvalue weighted by atomic mass is 32.2. The first-order valence-electron chi connectivity index (χ1n) is 6.95. The van der Waals surface area contributed by atoms with Crippen LogP contribution < -0.4 is 4.72 Å². The van der Waals surface area contributed by atoms with Gasteiger partial charge < -0.3 is 5.11 Å². The fraction of sp³-hybridized carbons (Fsp3) is 0.500. The quantitative estimate of drug-likeness (QED) is 0.860. The van der Waals surface area contributed by atoms with E-state index in [9.17, 15) is 18.3 Å². The van der Waals surface area contributed by atoms with E-state index in [1.165, 1.54) is 4.31 Å². The molecule has 0 radical (unpaired) electrons. The average Bonchev–Trinajstić information content (AvgIpc) is 2.45. The van der Waals surface area contributed by atoms with Crippen LogP contribution in [0.2, 0.25) is 0 Å². The van der Waals surface area contributed by atoms with E-state index in [-0.39, 0.29) is 5.92 Å². The summed E-state index contributed by atoms with van der Waals surface area (Å²) in [5.41, 5.74) is 0.415. The van der Waals surface area contributed by atoms with Crippen molar-refractivity contribution >= 4 is 16.2 Å². The largest absolute Gasteiger partial charge is 0.480 e. The molecule has 1 fully saturated rings. The van der Waals surface area contributed by atoms with Crippen LogP contribution in [0.4, 0.5) is 0 Å². The van der Waals surface area contributed by atoms with Crippen molar-refractivity contribution in [3.63, 3.8) is 0 Å². The minimum absolute atomic E-state index is 0.287. The molecule has 1 aliphatic heterocycles. The molecule has 116 valence electrons. The number of aliphatic carboxylic acids is 1. The van der Waals surface area contributed by atoms with E-state index in [1.54, 1.807) is 30.3 Å². The number of hydrogen-bond donors (Lipinski definition) is 2. The first-order valence-corrected chi connectivity index (χ1v) is 8.39. The van der Waals surface area contributed by atoms with Gasteiger partial charge in [0.25, 0.3) is 10.2 Å². The number of rotatable bonds is 5. The summed E-state index contributed by atoms with van der Waals surface area (Å²) in [6, 6.07) is 7.04. The van der Waals surface area contributed by atoms with Gasteiger partial charge >= 0.3 is 5.97 Å². The third-order valence-corrected chi connectivity index (χ3v) is 5.15. The summed E-state index contributed by atoms with van der Waals surface area (Å²) in [4.78, 5) is 11.4. The van der Waals surface area contributed by atoms with Gasteiger partial charge in [0.1, 0.15) is 6.04 Å². The van der Waals surface area contributed by atoms with Gasteiger partial charge in [0, 0.05) is 13.1 Å². The number of nitrogens with one attached hydrogen (secondary N) is 1. The van der Waals surface area contributed by atoms with Crippen LogP contribution in [0.1, 0.15) is 31.4 Å². The number of carboxylic acids is 1. The molecule has 0 spiro atoms. The van der Waals surface area contributed by atoms with Crippen LogP contribution >= 0.6 is 0 Å². The van der Waals surface area contributed by atoms with E-state index in [4.69, 9.17) is 0 Å². The van der Waals surface area contributed by atoms with Crippen LogP contribution in [-0.4, -0.2) is 36.9 Å². The molecule has 1 aliphatic rings. The Hall–Kier alpha value is -1.44. The molecule has 7 heteroatoms. The molecule has 6 nitrogen and oxygen atoms in total. The molecule has 1 unspecified atom stereocenters. The average molecular weight is 312 g/mol. The second-order valence-electron chi connectivity index (χ2n) is 5.41. The Labute approximate surface area is 125 Å². The van der Waals surface area contributed by atoms with E-state index in [0.29, 0.717) is 18.7 Å². The van der Waals surface area contributed by atoms with E-state index in [1.807, 2.05) is 6.92 Å². The lowest BCUT2D eigenvalue weighted by molar-refractivity contribution is -0.139. The van der Waals surface area contributed by atoms with Crippen molar-refractivity contribution in [2.75, 3.05) is 13.1 Å². The Bertz CT molecular complexity index is 588. The molecule has 0 aromatic heterocycles. The van der Waals surface area contributed by atoms with Crippen LogP contribution in [0.3, 0.4) is 0 Å². The third kappa shape index (κ3) is 4.03. The number of benzene rings is 1. The summed E-state index contributed by atoms with van der Waals surface area (Å²) in [5, 5.41) is 9.29. The zero-order chi connectivity index (χ0) is 15.5. The van der Waals surface area contributed by atoms with Gasteiger partial charge in [0.2, 0.25) is 0 Å². The molecule has 1 saturated heterocycles. The van der Waals surface area contributed by atoms with Crippen molar-refractivity contribution < 1.29 is 18.3 Å². The SMILES string of the molecule is CC1CCCN(S(=O)(=O)N[C@@H](C(=O)O)c2ccccc2)C1. The molecule has 0 saturated carbocycles. The zero-order valence-corrected chi connectivity index (χ0v) is 12.7. The lowest BCUT2D eigenvalue weighted by Gasteiger charge is -2.31. The molecular formula is C14H20N2O4S. The van der Waals surface area contributed by atoms with Gasteiger partial charge in [-0.05, 0) is 24.3 Å². The Morgan fingerprint density at radius 3 is 2.62 bits per heavy atom. The van der Waals surface area contributed by atoms with Gasteiger partial charge in [-0.1, -0.05) is 37.3 Å². The molecule has 2 rings (SSSR count). The molecule has 0 aliphatic carbocycles. The third-order valence-electron chi connectivity index (χ3n) is 3.61. The normalized spacial score (nSPS) is 21.9. The summed E-state index contributed by atoms with van der Waals surface area (Å²) >= 11 is 0. The van der Waals surface area contributed by atoms with Gasteiger partial charge in [-0.25, -0.2) is 0 Å². The number of carbonyl (C=O) groups is 1. The highest BCUT2D eigenvalue weighted by Gasteiger charge is 2.32. The predicted octanol–water partition coefficient (Wildman–Crippen LogP) is 1.38. The second kappa shape index (κ2) is 6.55. The standard InChI is InChI=1S/C14H20N2O4S/c1-11-6-5-9-16(10-11)21(19,20)15-13(14(17)18)12-7-3-2-4-8-12/h2-4,7-8,11,13,15H,5-6,9-10H2,1H3,(H,17,18)/t11?,13-/m1/s1. The van der Waals surface area contributed by atoms with Crippen molar-refractivity contribution in [1.82, 2.24) is 9.03 Å². The van der Waals surface area contributed by atoms with Crippen LogP contribution in [0.25, 0.3) is 0 Å². The maximum absolute atomic E-state index is 12.4. The monoisotopic (exact) mass is 312 g/mol. The molecule has 2 N–H and O–H groups in total. The fourth-order valence-corrected chi connectivity index (χ4v) is 4.00. The summed E-state index contributed by atoms with van der Waals surface area (Å²) in [6.45, 7) is 2.85. The molecule has 0 amide bonds. The van der Waals surface area contributed by atoms with Gasteiger partial charge in [-0.3, -0.25) is 4.79 Å². The Morgan fingerprint density at radius 1 is 1.38 bits per heavy atom. The Morgan fingerprint density at radius 2 is 2.05 bits per heavy atom. The van der Waals surface area contributed by atoms with Crippen molar-refractivity contribution in [2.24, 2.45) is 5.92 Å². The molecular weight excluding hydrogens is 292 g/mol. The van der Waals surface area contributed by atoms with Crippen molar-refractivity contribution in [3.8, 4) is 0 Å². The van der Waals surface area contributed by atoms with E-state index in [2.05, 4.69) is 4.72 Å². The summed E-state index contributed by atoms with van der Waals surface area (Å²) in [5.74, 6) is -0.926. The van der Waals surface area contributed by atoms with Crippen LogP contribution in [0.15, 0.2) is 30.3 Å². The highest BCUT2D eigenvalue weighted by Crippen LogP contribution is 2.20. The van der Waals surface area contributed by atoms with Crippen LogP contribution in [-0.2, 0) is 15.0 Å². The van der Waals surface area contributed by atoms with Crippen LogP contribution in [0.5, 0.6) is 0 Å². The summed E-state index contributed by atoms with van der Waals surface area (Å²) < 4.78 is 28.4. The summed E-state index contributed by atoms with van der Waals surface area (Å²) in [6.07, 6.45) is 1.79. The number of nitrogens with zero attached hydrogens (tertiary/aromatic N) is 1. The second-order valence-corrected chi connectivity index (χ2v) is 7.11. The first kappa shape index (κ1) is 15.9. The van der Waals surface area contributed by atoms with Crippen molar-refractivity contribution in [3.05, 3.63) is 35.9 Å². The molecule has 2 atom stereocenters. The van der Waals surface area contributed by atoms with E-state index < -0.39 is 22.2 Å². The maximum Gasteiger partial charge on any atom is 0.326 e. The molecule has 1 heterocycles. The van der Waals surface area contributed by atoms with Gasteiger partial charge in [0.05, 0.1) is 0 Å². The highest BCUT2D eigenvalue weighted by molar-refractivity contribution is 7.87. The van der Waals surface area contributed by atoms with E-state index >= 15 is 0 Å². The Balaban J connectivity index is 2.18. The molecule has 0 bridgehead atoms. The zero-order valence-electron chi connectivity index (χ0n) is 11.9. The maximum atomic E-state index is 12.4. The smallest absolute Gasteiger partial charge is 0.326 e. The van der Waals surface area contributed by atoms with Crippen LogP contribution in [0, 0.1) is 5.92 Å². The van der Waals surface area contributed by atoms with E-state index in [0.717, 1.165) is 12.8 Å². The fourth-order valence-electron chi connectivity index (χ4n) is 2.49. The van der Waals surface area contributed by atoms with Crippen molar-refractivity contribution in [1.29, 1.82) is 0 Å². The predicted molar refractivity (Wildman–Crippen MR) is 78.8 cm³/mol. The lowest BCUT2D eigenvalue weighted by atomic mass is 10.0. The lowest BCUT2D eigenvalue weighted by Crippen LogP contribution is -2.47. The first-order chi connectivity index (χ1) is 9.90.